The van der Waals surface area contributed by atoms with E-state index >= 15 is 0 Å². The Balaban J connectivity index is 1.16. The van der Waals surface area contributed by atoms with Crippen molar-refractivity contribution < 1.29 is 12.3 Å². The lowest BCUT2D eigenvalue weighted by Gasteiger charge is -2.11. The Hall–Kier alpha value is -6.64. The molecule has 0 spiro atoms. The Morgan fingerprint density at radius 1 is 0.320 bits per heavy atom. The molecule has 10 aromatic rings. The van der Waals surface area contributed by atoms with Crippen molar-refractivity contribution in [1.29, 1.82) is 0 Å². The molecule has 0 unspecified atom stereocenters. The number of hydrogen-bond acceptors (Lipinski definition) is 0. The van der Waals surface area contributed by atoms with Gasteiger partial charge < -0.3 is 9.13 Å². The van der Waals surface area contributed by atoms with Gasteiger partial charge in [-0.3, -0.25) is 0 Å². The molecular weight excluding hydrogens is 605 g/mol. The molecule has 0 atom stereocenters. The van der Waals surface area contributed by atoms with E-state index in [0.29, 0.717) is 11.0 Å². The maximum Gasteiger partial charge on any atom is 0.0651 e. The number of aromatic nitrogens is 2. The van der Waals surface area contributed by atoms with E-state index in [0.717, 1.165) is 60.5 Å². The highest BCUT2D eigenvalue weighted by molar-refractivity contribution is 6.12. The fraction of sp³-hybridized carbons (Fsp3) is 0. The van der Waals surface area contributed by atoms with Gasteiger partial charge in [0.05, 0.1) is 34.4 Å². The molecule has 2 nitrogen and oxygen atoms in total. The maximum atomic E-state index is 9.43. The smallest absolute Gasteiger partial charge is 0.0651 e. The summed E-state index contributed by atoms with van der Waals surface area (Å²) < 4.78 is 82.0. The van der Waals surface area contributed by atoms with Gasteiger partial charge in [-0.25, -0.2) is 0 Å². The first kappa shape index (κ1) is 20.7. The van der Waals surface area contributed by atoms with Crippen LogP contribution in [0.4, 0.5) is 0 Å². The monoisotopic (exact) mass is 645 g/mol. The molecule has 0 aliphatic carbocycles. The van der Waals surface area contributed by atoms with Gasteiger partial charge >= 0.3 is 0 Å². The lowest BCUT2D eigenvalue weighted by Crippen LogP contribution is -1.94. The minimum absolute atomic E-state index is 0.0164. The van der Waals surface area contributed by atoms with Crippen LogP contribution in [0, 0.1) is 0 Å². The standard InChI is InChI=1S/C48H32N2/c1-3-13-33(14-4-1)35-17-11-19-39(29-35)49-45-23-9-7-21-41(45)43-31-37(25-27-47(43)49)38-26-28-48-44(32-38)42-22-8-10-24-46(42)50(48)40-20-12-18-36(30-40)34-15-5-2-6-16-34/h1-32H/i1D,3D,4D,11D,13D,14D,17D,19D,29D. The van der Waals surface area contributed by atoms with Crippen LogP contribution in [0.3, 0.4) is 0 Å². The number of benzene rings is 8. The van der Waals surface area contributed by atoms with Gasteiger partial charge in [0.15, 0.2) is 0 Å². The summed E-state index contributed by atoms with van der Waals surface area (Å²) in [5, 5.41) is 3.90. The summed E-state index contributed by atoms with van der Waals surface area (Å²) in [6.07, 6.45) is 0. The van der Waals surface area contributed by atoms with Crippen molar-refractivity contribution in [2.45, 2.75) is 0 Å². The molecule has 0 fully saturated rings. The lowest BCUT2D eigenvalue weighted by molar-refractivity contribution is 1.18. The second-order valence-electron chi connectivity index (χ2n) is 12.3. The first-order valence-electron chi connectivity index (χ1n) is 21.0. The molecule has 50 heavy (non-hydrogen) atoms. The minimum atomic E-state index is -0.604. The summed E-state index contributed by atoms with van der Waals surface area (Å²) in [6, 6.07) is 42.6. The fourth-order valence-corrected chi connectivity index (χ4v) is 7.22. The van der Waals surface area contributed by atoms with E-state index in [1.54, 1.807) is 4.57 Å². The van der Waals surface area contributed by atoms with Crippen LogP contribution in [0.2, 0.25) is 0 Å². The minimum Gasteiger partial charge on any atom is -0.309 e. The highest BCUT2D eigenvalue weighted by Gasteiger charge is 2.16. The molecule has 0 radical (unpaired) electrons. The van der Waals surface area contributed by atoms with Crippen LogP contribution in [0.25, 0.3) is 88.4 Å². The van der Waals surface area contributed by atoms with Gasteiger partial charge in [-0.2, -0.15) is 0 Å². The van der Waals surface area contributed by atoms with E-state index in [9.17, 15) is 1.37 Å². The molecule has 0 amide bonds. The van der Waals surface area contributed by atoms with Crippen molar-refractivity contribution in [2.24, 2.45) is 0 Å². The summed E-state index contributed by atoms with van der Waals surface area (Å²) in [5.74, 6) is 0. The largest absolute Gasteiger partial charge is 0.309 e. The molecule has 2 heteroatoms. The molecule has 0 saturated heterocycles. The molecule has 0 saturated carbocycles. The van der Waals surface area contributed by atoms with Crippen LogP contribution in [-0.2, 0) is 0 Å². The molecule has 2 aromatic heterocycles. The predicted molar refractivity (Wildman–Crippen MR) is 211 cm³/mol. The van der Waals surface area contributed by atoms with E-state index < -0.39 is 42.3 Å². The molecule has 10 rings (SSSR count). The molecule has 234 valence electrons. The topological polar surface area (TPSA) is 9.86 Å². The molecule has 0 aliphatic rings. The van der Waals surface area contributed by atoms with Crippen molar-refractivity contribution in [1.82, 2.24) is 9.13 Å². The Morgan fingerprint density at radius 2 is 0.860 bits per heavy atom. The first-order chi connectivity index (χ1) is 28.5. The van der Waals surface area contributed by atoms with Gasteiger partial charge in [0, 0.05) is 32.9 Å². The number of rotatable bonds is 5. The van der Waals surface area contributed by atoms with Gasteiger partial charge in [-0.1, -0.05) is 133 Å². The van der Waals surface area contributed by atoms with Crippen molar-refractivity contribution in [3.63, 3.8) is 0 Å². The van der Waals surface area contributed by atoms with E-state index in [1.165, 1.54) is 0 Å². The van der Waals surface area contributed by atoms with Gasteiger partial charge in [-0.05, 0) is 94.0 Å². The molecule has 8 aromatic carbocycles. The zero-order valence-electron chi connectivity index (χ0n) is 35.7. The van der Waals surface area contributed by atoms with Crippen LogP contribution >= 0.6 is 0 Å². The van der Waals surface area contributed by atoms with Crippen molar-refractivity contribution in [2.75, 3.05) is 0 Å². The van der Waals surface area contributed by atoms with Crippen LogP contribution in [0.1, 0.15) is 12.3 Å². The number of fused-ring (bicyclic) bond motifs is 6. The van der Waals surface area contributed by atoms with Crippen molar-refractivity contribution in [3.05, 3.63) is 194 Å². The second-order valence-corrected chi connectivity index (χ2v) is 12.3. The third-order valence-corrected chi connectivity index (χ3v) is 9.48. The maximum absolute atomic E-state index is 9.43. The second kappa shape index (κ2) is 11.5. The summed E-state index contributed by atoms with van der Waals surface area (Å²) >= 11 is 0. The third kappa shape index (κ3) is 4.57. The van der Waals surface area contributed by atoms with E-state index in [1.807, 2.05) is 54.6 Å². The highest BCUT2D eigenvalue weighted by atomic mass is 15.0. The van der Waals surface area contributed by atoms with Crippen molar-refractivity contribution >= 4 is 43.6 Å². The predicted octanol–water partition coefficient (Wildman–Crippen LogP) is 12.9. The zero-order valence-corrected chi connectivity index (χ0v) is 26.7. The quantitative estimate of drug-likeness (QED) is 0.176. The fourth-order valence-electron chi connectivity index (χ4n) is 7.22. The van der Waals surface area contributed by atoms with Crippen molar-refractivity contribution in [3.8, 4) is 44.8 Å². The average Bonchev–Trinajstić information content (AvgIpc) is 3.78. The summed E-state index contributed by atoms with van der Waals surface area (Å²) in [6.45, 7) is 0. The zero-order chi connectivity index (χ0) is 40.9. The van der Waals surface area contributed by atoms with Crippen LogP contribution < -0.4 is 0 Å². The summed E-state index contributed by atoms with van der Waals surface area (Å²) in [7, 11) is 0. The van der Waals surface area contributed by atoms with Gasteiger partial charge in [0.1, 0.15) is 0 Å². The first-order valence-corrected chi connectivity index (χ1v) is 16.5. The Bertz CT molecular complexity index is 3360. The Morgan fingerprint density at radius 3 is 1.54 bits per heavy atom. The van der Waals surface area contributed by atoms with Crippen LogP contribution in [0.5, 0.6) is 0 Å². The van der Waals surface area contributed by atoms with E-state index in [-0.39, 0.29) is 28.9 Å². The van der Waals surface area contributed by atoms with E-state index in [4.69, 9.17) is 11.0 Å². The molecule has 0 aliphatic heterocycles. The lowest BCUT2D eigenvalue weighted by atomic mass is 10.0. The normalized spacial score (nSPS) is 14.1. The molecule has 2 heterocycles. The van der Waals surface area contributed by atoms with Crippen LogP contribution in [0.15, 0.2) is 194 Å². The molecule has 0 N–H and O–H groups in total. The van der Waals surface area contributed by atoms with Crippen LogP contribution in [-0.4, -0.2) is 9.13 Å². The number of hydrogen-bond donors (Lipinski definition) is 0. The van der Waals surface area contributed by atoms with Gasteiger partial charge in [0.25, 0.3) is 0 Å². The third-order valence-electron chi connectivity index (χ3n) is 9.48. The number of nitrogens with zero attached hydrogens (tertiary/aromatic N) is 2. The van der Waals surface area contributed by atoms with E-state index in [2.05, 4.69) is 89.5 Å². The highest BCUT2D eigenvalue weighted by Crippen LogP contribution is 2.39. The average molecular weight is 646 g/mol. The Labute approximate surface area is 303 Å². The summed E-state index contributed by atoms with van der Waals surface area (Å²) in [5.41, 5.74) is 8.11. The van der Waals surface area contributed by atoms with Gasteiger partial charge in [-0.15, -0.1) is 0 Å². The Kier molecular flexibility index (Phi) is 4.76. The molecular formula is C48H32N2. The number of para-hydroxylation sites is 2. The molecule has 0 bridgehead atoms. The SMILES string of the molecule is [2H]c1c([2H])c([2H])c(-c2c([2H])c([2H])c([2H])c(-n3c4ccccc4c4cc(-c5ccc6c(c5)c5ccccc5n6-c5cccc(-c6ccccc6)c5)ccc43)c2[2H])c([2H])c1[2H]. The van der Waals surface area contributed by atoms with Gasteiger partial charge in [0.2, 0.25) is 0 Å². The summed E-state index contributed by atoms with van der Waals surface area (Å²) in [4.78, 5) is 0.